The minimum atomic E-state index is -1.63. The quantitative estimate of drug-likeness (QED) is 0.506. The first-order valence-corrected chi connectivity index (χ1v) is 8.88. The molecule has 0 aliphatic heterocycles. The van der Waals surface area contributed by atoms with Gasteiger partial charge in [-0.2, -0.15) is 0 Å². The average Bonchev–Trinajstić information content (AvgIpc) is 3.03. The van der Waals surface area contributed by atoms with E-state index in [2.05, 4.69) is 10.6 Å². The summed E-state index contributed by atoms with van der Waals surface area (Å²) in [6.07, 6.45) is 0. The van der Waals surface area contributed by atoms with E-state index < -0.39 is 24.0 Å². The highest BCUT2D eigenvalue weighted by molar-refractivity contribution is 6.12. The van der Waals surface area contributed by atoms with Crippen molar-refractivity contribution in [3.63, 3.8) is 0 Å². The maximum absolute atomic E-state index is 12.8. The summed E-state index contributed by atoms with van der Waals surface area (Å²) >= 11 is 0. The van der Waals surface area contributed by atoms with E-state index >= 15 is 0 Å². The van der Waals surface area contributed by atoms with Gasteiger partial charge in [-0.3, -0.25) is 14.4 Å². The third-order valence-corrected chi connectivity index (χ3v) is 4.63. The van der Waals surface area contributed by atoms with Crippen LogP contribution in [0, 0.1) is 6.92 Å². The van der Waals surface area contributed by atoms with E-state index in [0.29, 0.717) is 28.0 Å². The molecule has 1 heterocycles. The number of aryl methyl sites for hydroxylation is 1. The van der Waals surface area contributed by atoms with E-state index in [1.165, 1.54) is 6.92 Å². The summed E-state index contributed by atoms with van der Waals surface area (Å²) in [5.41, 5.74) is 5.19. The Hall–Kier alpha value is -3.65. The lowest BCUT2D eigenvalue weighted by molar-refractivity contribution is -0.124. The lowest BCUT2D eigenvalue weighted by atomic mass is 10.0. The van der Waals surface area contributed by atoms with Gasteiger partial charge in [0.25, 0.3) is 11.8 Å². The molecular formula is C21H21N3O5. The average molecular weight is 395 g/mol. The van der Waals surface area contributed by atoms with Crippen molar-refractivity contribution < 1.29 is 23.9 Å². The highest BCUT2D eigenvalue weighted by Crippen LogP contribution is 2.27. The second kappa shape index (κ2) is 7.76. The van der Waals surface area contributed by atoms with Gasteiger partial charge >= 0.3 is 0 Å². The van der Waals surface area contributed by atoms with Crippen LogP contribution in [-0.4, -0.2) is 35.0 Å². The van der Waals surface area contributed by atoms with Crippen LogP contribution in [0.5, 0.6) is 0 Å². The summed E-state index contributed by atoms with van der Waals surface area (Å²) in [4.78, 5) is 37.0. The molecule has 0 bridgehead atoms. The van der Waals surface area contributed by atoms with Gasteiger partial charge in [-0.15, -0.1) is 0 Å². The Morgan fingerprint density at radius 3 is 2.41 bits per heavy atom. The van der Waals surface area contributed by atoms with Crippen molar-refractivity contribution in [2.45, 2.75) is 19.4 Å². The molecule has 0 fully saturated rings. The van der Waals surface area contributed by atoms with Gasteiger partial charge in [0.15, 0.2) is 0 Å². The van der Waals surface area contributed by atoms with Gasteiger partial charge in [0.05, 0.1) is 12.2 Å². The molecule has 0 unspecified atom stereocenters. The fraction of sp³-hybridized carbons (Fsp3) is 0.190. The molecule has 8 nitrogen and oxygen atoms in total. The lowest BCUT2D eigenvalue weighted by Gasteiger charge is -2.24. The number of furan rings is 1. The summed E-state index contributed by atoms with van der Waals surface area (Å²) in [7, 11) is 0. The standard InChI is InChI=1S/C21H21N3O5/c1-12-17(19(27)24-21(2,11-25)20(22)28)15-10-13(8-9-16(15)29-12)18(26)23-14-6-4-3-5-7-14/h3-10,25H,11H2,1-2H3,(H2,22,28)(H,23,26)(H,24,27)/t21-/m0/s1. The van der Waals surface area contributed by atoms with E-state index in [9.17, 15) is 19.5 Å². The predicted molar refractivity (Wildman–Crippen MR) is 107 cm³/mol. The highest BCUT2D eigenvalue weighted by atomic mass is 16.3. The Morgan fingerprint density at radius 1 is 1.10 bits per heavy atom. The van der Waals surface area contributed by atoms with E-state index in [1.54, 1.807) is 49.4 Å². The molecule has 1 aromatic heterocycles. The molecule has 0 aliphatic rings. The Labute approximate surface area is 166 Å². The summed E-state index contributed by atoms with van der Waals surface area (Å²) in [6.45, 7) is 2.26. The second-order valence-electron chi connectivity index (χ2n) is 6.87. The van der Waals surface area contributed by atoms with Crippen molar-refractivity contribution >= 4 is 34.4 Å². The number of anilines is 1. The maximum Gasteiger partial charge on any atom is 0.256 e. The minimum absolute atomic E-state index is 0.162. The molecular weight excluding hydrogens is 374 g/mol. The number of aliphatic hydroxyl groups is 1. The van der Waals surface area contributed by atoms with E-state index in [1.807, 2.05) is 6.07 Å². The van der Waals surface area contributed by atoms with E-state index in [4.69, 9.17) is 10.2 Å². The summed E-state index contributed by atoms with van der Waals surface area (Å²) < 4.78 is 5.61. The first-order valence-electron chi connectivity index (χ1n) is 8.88. The van der Waals surface area contributed by atoms with E-state index in [-0.39, 0.29) is 11.5 Å². The SMILES string of the molecule is Cc1oc2ccc(C(=O)Nc3ccccc3)cc2c1C(=O)N[C@@](C)(CO)C(N)=O. The van der Waals surface area contributed by atoms with Crippen molar-refractivity contribution in [3.8, 4) is 0 Å². The molecule has 29 heavy (non-hydrogen) atoms. The van der Waals surface area contributed by atoms with Gasteiger partial charge in [-0.25, -0.2) is 0 Å². The number of amides is 3. The number of hydrogen-bond donors (Lipinski definition) is 4. The van der Waals surface area contributed by atoms with Gasteiger partial charge < -0.3 is 25.9 Å². The van der Waals surface area contributed by atoms with Crippen molar-refractivity contribution in [3.05, 3.63) is 65.4 Å². The number of nitrogens with one attached hydrogen (secondary N) is 2. The molecule has 2 aromatic carbocycles. The van der Waals surface area contributed by atoms with Crippen molar-refractivity contribution in [1.82, 2.24) is 5.32 Å². The molecule has 0 aliphatic carbocycles. The third kappa shape index (κ3) is 3.97. The normalized spacial score (nSPS) is 12.9. The molecule has 3 rings (SSSR count). The Morgan fingerprint density at radius 2 is 1.79 bits per heavy atom. The second-order valence-corrected chi connectivity index (χ2v) is 6.87. The smallest absolute Gasteiger partial charge is 0.256 e. The summed E-state index contributed by atoms with van der Waals surface area (Å²) in [5, 5.41) is 15.1. The van der Waals surface area contributed by atoms with E-state index in [0.717, 1.165) is 0 Å². The van der Waals surface area contributed by atoms with Crippen LogP contribution < -0.4 is 16.4 Å². The van der Waals surface area contributed by atoms with Gasteiger partial charge in [0.2, 0.25) is 5.91 Å². The molecule has 1 atom stereocenters. The van der Waals surface area contributed by atoms with Crippen molar-refractivity contribution in [2.24, 2.45) is 5.73 Å². The number of rotatable bonds is 6. The zero-order chi connectivity index (χ0) is 21.2. The molecule has 0 radical (unpaired) electrons. The van der Waals surface area contributed by atoms with Crippen LogP contribution >= 0.6 is 0 Å². The highest BCUT2D eigenvalue weighted by Gasteiger charge is 2.34. The first-order chi connectivity index (χ1) is 13.7. The monoisotopic (exact) mass is 395 g/mol. The number of hydrogen-bond acceptors (Lipinski definition) is 5. The molecule has 0 saturated heterocycles. The predicted octanol–water partition coefficient (Wildman–Crippen LogP) is 1.96. The third-order valence-electron chi connectivity index (χ3n) is 4.63. The van der Waals surface area contributed by atoms with Crippen LogP contribution in [0.4, 0.5) is 5.69 Å². The molecule has 0 saturated carbocycles. The van der Waals surface area contributed by atoms with Gasteiger partial charge in [-0.1, -0.05) is 18.2 Å². The largest absolute Gasteiger partial charge is 0.461 e. The Kier molecular flexibility index (Phi) is 5.38. The van der Waals surface area contributed by atoms with Crippen LogP contribution in [0.2, 0.25) is 0 Å². The topological polar surface area (TPSA) is 135 Å². The summed E-state index contributed by atoms with van der Waals surface area (Å²) in [5.74, 6) is -1.55. The number of carbonyl (C=O) groups excluding carboxylic acids is 3. The fourth-order valence-electron chi connectivity index (χ4n) is 2.86. The molecule has 3 amide bonds. The van der Waals surface area contributed by atoms with Gasteiger partial charge in [0, 0.05) is 16.6 Å². The molecule has 8 heteroatoms. The number of para-hydroxylation sites is 1. The summed E-state index contributed by atoms with van der Waals surface area (Å²) in [6, 6.07) is 13.7. The molecule has 5 N–H and O–H groups in total. The van der Waals surface area contributed by atoms with Gasteiger partial charge in [-0.05, 0) is 44.2 Å². The first kappa shape index (κ1) is 20.1. The van der Waals surface area contributed by atoms with Gasteiger partial charge in [0.1, 0.15) is 16.9 Å². The van der Waals surface area contributed by atoms with Crippen LogP contribution in [0.15, 0.2) is 52.9 Å². The molecule has 0 spiro atoms. The number of aliphatic hydroxyl groups excluding tert-OH is 1. The maximum atomic E-state index is 12.8. The number of fused-ring (bicyclic) bond motifs is 1. The van der Waals surface area contributed by atoms with Crippen LogP contribution in [0.3, 0.4) is 0 Å². The number of carbonyl (C=O) groups is 3. The Balaban J connectivity index is 1.95. The fourth-order valence-corrected chi connectivity index (χ4v) is 2.86. The number of benzene rings is 2. The molecule has 150 valence electrons. The van der Waals surface area contributed by atoms with Crippen molar-refractivity contribution in [2.75, 3.05) is 11.9 Å². The van der Waals surface area contributed by atoms with Crippen LogP contribution in [0.1, 0.15) is 33.4 Å². The number of nitrogens with two attached hydrogens (primary N) is 1. The van der Waals surface area contributed by atoms with Crippen LogP contribution in [-0.2, 0) is 4.79 Å². The van der Waals surface area contributed by atoms with Crippen LogP contribution in [0.25, 0.3) is 11.0 Å². The Bertz CT molecular complexity index is 1090. The zero-order valence-electron chi connectivity index (χ0n) is 16.0. The number of primary amides is 1. The minimum Gasteiger partial charge on any atom is -0.461 e. The molecule has 3 aromatic rings. The lowest BCUT2D eigenvalue weighted by Crippen LogP contribution is -2.57. The zero-order valence-corrected chi connectivity index (χ0v) is 16.0. The van der Waals surface area contributed by atoms with Crippen molar-refractivity contribution in [1.29, 1.82) is 0 Å².